The summed E-state index contributed by atoms with van der Waals surface area (Å²) in [7, 11) is 2.04. The van der Waals surface area contributed by atoms with E-state index in [1.54, 1.807) is 0 Å². The van der Waals surface area contributed by atoms with Crippen LogP contribution in [0.25, 0.3) is 0 Å². The van der Waals surface area contributed by atoms with E-state index in [1.165, 1.54) is 31.5 Å². The summed E-state index contributed by atoms with van der Waals surface area (Å²) < 4.78 is 11.3. The lowest BCUT2D eigenvalue weighted by Crippen LogP contribution is -2.40. The van der Waals surface area contributed by atoms with E-state index in [2.05, 4.69) is 35.3 Å². The molecule has 1 aromatic carbocycles. The van der Waals surface area contributed by atoms with Crippen molar-refractivity contribution < 1.29 is 9.47 Å². The predicted octanol–water partition coefficient (Wildman–Crippen LogP) is 2.45. The molecule has 4 heteroatoms. The van der Waals surface area contributed by atoms with Crippen molar-refractivity contribution in [2.75, 3.05) is 39.9 Å². The molecule has 2 aliphatic rings. The molecule has 2 unspecified atom stereocenters. The van der Waals surface area contributed by atoms with Gasteiger partial charge in [-0.2, -0.15) is 0 Å². The lowest BCUT2D eigenvalue weighted by Gasteiger charge is -2.37. The van der Waals surface area contributed by atoms with Crippen LogP contribution in [0, 0.1) is 5.92 Å². The summed E-state index contributed by atoms with van der Waals surface area (Å²) in [5.41, 5.74) is 1.32. The molecule has 1 aromatic rings. The van der Waals surface area contributed by atoms with Gasteiger partial charge in [-0.3, -0.25) is 4.90 Å². The van der Waals surface area contributed by atoms with Gasteiger partial charge in [-0.1, -0.05) is 6.07 Å². The number of fused-ring (bicyclic) bond motifs is 1. The fraction of sp³-hybridized carbons (Fsp3) is 0.647. The molecule has 0 spiro atoms. The van der Waals surface area contributed by atoms with E-state index in [-0.39, 0.29) is 0 Å². The molecule has 1 fully saturated rings. The van der Waals surface area contributed by atoms with Crippen LogP contribution in [-0.4, -0.2) is 44.8 Å². The smallest absolute Gasteiger partial charge is 0.161 e. The van der Waals surface area contributed by atoms with Crippen molar-refractivity contribution in [1.82, 2.24) is 10.2 Å². The standard InChI is InChI=1S/C17H26N2O2/c1-13(19-7-3-4-14(12-19)11-18-2)15-5-6-16-17(10-15)21-9-8-20-16/h5-6,10,13-14,18H,3-4,7-9,11-12H2,1-2H3. The van der Waals surface area contributed by atoms with Crippen molar-refractivity contribution in [3.05, 3.63) is 23.8 Å². The first-order chi connectivity index (χ1) is 10.3. The van der Waals surface area contributed by atoms with Crippen LogP contribution in [0.15, 0.2) is 18.2 Å². The maximum absolute atomic E-state index is 5.71. The molecule has 21 heavy (non-hydrogen) atoms. The third-order valence-electron chi connectivity index (χ3n) is 4.64. The first kappa shape index (κ1) is 14.7. The summed E-state index contributed by atoms with van der Waals surface area (Å²) in [6.07, 6.45) is 2.63. The third-order valence-corrected chi connectivity index (χ3v) is 4.64. The quantitative estimate of drug-likeness (QED) is 0.923. The minimum absolute atomic E-state index is 0.431. The highest BCUT2D eigenvalue weighted by Crippen LogP contribution is 2.35. The van der Waals surface area contributed by atoms with Crippen LogP contribution in [0.3, 0.4) is 0 Å². The lowest BCUT2D eigenvalue weighted by molar-refractivity contribution is 0.130. The van der Waals surface area contributed by atoms with Crippen molar-refractivity contribution in [3.8, 4) is 11.5 Å². The number of likely N-dealkylation sites (tertiary alicyclic amines) is 1. The highest BCUT2D eigenvalue weighted by Gasteiger charge is 2.25. The Bertz CT molecular complexity index is 476. The maximum atomic E-state index is 5.71. The molecule has 0 amide bonds. The van der Waals surface area contributed by atoms with Crippen molar-refractivity contribution in [1.29, 1.82) is 0 Å². The van der Waals surface area contributed by atoms with Crippen molar-refractivity contribution >= 4 is 0 Å². The molecule has 1 N–H and O–H groups in total. The van der Waals surface area contributed by atoms with Gasteiger partial charge in [0.2, 0.25) is 0 Å². The second-order valence-electron chi connectivity index (χ2n) is 6.14. The van der Waals surface area contributed by atoms with Crippen LogP contribution in [0.4, 0.5) is 0 Å². The Hall–Kier alpha value is -1.26. The highest BCUT2D eigenvalue weighted by atomic mass is 16.6. The molecule has 0 bridgehead atoms. The zero-order valence-corrected chi connectivity index (χ0v) is 13.1. The number of piperidine rings is 1. The van der Waals surface area contributed by atoms with Crippen LogP contribution in [0.5, 0.6) is 11.5 Å². The SMILES string of the molecule is CNCC1CCCN(C(C)c2ccc3c(c2)OCCO3)C1. The number of nitrogens with zero attached hydrogens (tertiary/aromatic N) is 1. The molecule has 2 aliphatic heterocycles. The number of ether oxygens (including phenoxy) is 2. The molecule has 4 nitrogen and oxygen atoms in total. The highest BCUT2D eigenvalue weighted by molar-refractivity contribution is 5.44. The second-order valence-corrected chi connectivity index (χ2v) is 6.14. The average molecular weight is 290 g/mol. The molecular formula is C17H26N2O2. The zero-order valence-electron chi connectivity index (χ0n) is 13.1. The van der Waals surface area contributed by atoms with E-state index >= 15 is 0 Å². The van der Waals surface area contributed by atoms with E-state index in [9.17, 15) is 0 Å². The van der Waals surface area contributed by atoms with Crippen LogP contribution in [0.1, 0.15) is 31.4 Å². The van der Waals surface area contributed by atoms with Gasteiger partial charge in [0.1, 0.15) is 13.2 Å². The van der Waals surface area contributed by atoms with E-state index < -0.39 is 0 Å². The average Bonchev–Trinajstić information content (AvgIpc) is 2.54. The first-order valence-corrected chi connectivity index (χ1v) is 8.06. The Kier molecular flexibility index (Phi) is 4.66. The fourth-order valence-electron chi connectivity index (χ4n) is 3.43. The van der Waals surface area contributed by atoms with Gasteiger partial charge in [0, 0.05) is 12.6 Å². The number of hydrogen-bond acceptors (Lipinski definition) is 4. The van der Waals surface area contributed by atoms with Crippen LogP contribution in [0.2, 0.25) is 0 Å². The molecule has 0 aromatic heterocycles. The second kappa shape index (κ2) is 6.67. The molecule has 116 valence electrons. The van der Waals surface area contributed by atoms with E-state index in [1.807, 2.05) is 7.05 Å². The summed E-state index contributed by atoms with van der Waals surface area (Å²) in [5.74, 6) is 2.54. The van der Waals surface area contributed by atoms with Gasteiger partial charge in [0.25, 0.3) is 0 Å². The van der Waals surface area contributed by atoms with E-state index in [0.29, 0.717) is 19.3 Å². The van der Waals surface area contributed by atoms with Gasteiger partial charge >= 0.3 is 0 Å². The monoisotopic (exact) mass is 290 g/mol. The number of rotatable bonds is 4. The Morgan fingerprint density at radius 2 is 2.10 bits per heavy atom. The topological polar surface area (TPSA) is 33.7 Å². The van der Waals surface area contributed by atoms with Gasteiger partial charge in [-0.05, 0) is 63.5 Å². The Morgan fingerprint density at radius 3 is 2.90 bits per heavy atom. The molecule has 3 rings (SSSR count). The minimum atomic E-state index is 0.431. The largest absolute Gasteiger partial charge is 0.486 e. The first-order valence-electron chi connectivity index (χ1n) is 8.06. The molecule has 2 heterocycles. The third kappa shape index (κ3) is 3.33. The van der Waals surface area contributed by atoms with Gasteiger partial charge < -0.3 is 14.8 Å². The number of benzene rings is 1. The van der Waals surface area contributed by atoms with Gasteiger partial charge in [-0.15, -0.1) is 0 Å². The molecule has 1 saturated heterocycles. The Labute approximate surface area is 127 Å². The van der Waals surface area contributed by atoms with Gasteiger partial charge in [0.05, 0.1) is 0 Å². The number of hydrogen-bond donors (Lipinski definition) is 1. The summed E-state index contributed by atoms with van der Waals surface area (Å²) >= 11 is 0. The lowest BCUT2D eigenvalue weighted by atomic mass is 9.95. The molecule has 0 radical (unpaired) electrons. The van der Waals surface area contributed by atoms with Crippen LogP contribution in [-0.2, 0) is 0 Å². The molecular weight excluding hydrogens is 264 g/mol. The summed E-state index contributed by atoms with van der Waals surface area (Å²) in [6.45, 7) is 7.09. The summed E-state index contributed by atoms with van der Waals surface area (Å²) in [5, 5.41) is 3.31. The zero-order chi connectivity index (χ0) is 14.7. The summed E-state index contributed by atoms with van der Waals surface area (Å²) in [6, 6.07) is 6.82. The Balaban J connectivity index is 1.70. The van der Waals surface area contributed by atoms with Crippen LogP contribution < -0.4 is 14.8 Å². The minimum Gasteiger partial charge on any atom is -0.486 e. The van der Waals surface area contributed by atoms with Crippen molar-refractivity contribution in [3.63, 3.8) is 0 Å². The van der Waals surface area contributed by atoms with E-state index in [0.717, 1.165) is 24.0 Å². The number of nitrogens with one attached hydrogen (secondary N) is 1. The van der Waals surface area contributed by atoms with Crippen molar-refractivity contribution in [2.45, 2.75) is 25.8 Å². The Morgan fingerprint density at radius 1 is 1.29 bits per heavy atom. The molecule has 0 aliphatic carbocycles. The van der Waals surface area contributed by atoms with Crippen molar-refractivity contribution in [2.24, 2.45) is 5.92 Å². The summed E-state index contributed by atoms with van der Waals surface area (Å²) in [4.78, 5) is 2.59. The maximum Gasteiger partial charge on any atom is 0.161 e. The molecule has 2 atom stereocenters. The van der Waals surface area contributed by atoms with Gasteiger partial charge in [-0.25, -0.2) is 0 Å². The van der Waals surface area contributed by atoms with Gasteiger partial charge in [0.15, 0.2) is 11.5 Å². The van der Waals surface area contributed by atoms with Crippen LogP contribution >= 0.6 is 0 Å². The van der Waals surface area contributed by atoms with E-state index in [4.69, 9.17) is 9.47 Å². The predicted molar refractivity (Wildman–Crippen MR) is 84.1 cm³/mol. The normalized spacial score (nSPS) is 23.8. The fourth-order valence-corrected chi connectivity index (χ4v) is 3.43. The molecule has 0 saturated carbocycles.